The molecule has 2 aromatic heterocycles. The van der Waals surface area contributed by atoms with E-state index in [1.54, 1.807) is 31.3 Å². The van der Waals surface area contributed by atoms with Crippen LogP contribution in [0.4, 0.5) is 5.82 Å². The van der Waals surface area contributed by atoms with E-state index in [-0.39, 0.29) is 23.8 Å². The van der Waals surface area contributed by atoms with Gasteiger partial charge >= 0.3 is 0 Å². The molecule has 0 unspecified atom stereocenters. The highest BCUT2D eigenvalue weighted by Gasteiger charge is 2.17. The number of benzene rings is 1. The molecule has 0 atom stereocenters. The molecule has 0 aliphatic carbocycles. The van der Waals surface area contributed by atoms with Gasteiger partial charge in [0.05, 0.1) is 23.3 Å². The fourth-order valence-electron chi connectivity index (χ4n) is 2.98. The summed E-state index contributed by atoms with van der Waals surface area (Å²) >= 11 is 0. The first-order valence-corrected chi connectivity index (χ1v) is 10.6. The topological polar surface area (TPSA) is 138 Å². The van der Waals surface area contributed by atoms with Crippen LogP contribution < -0.4 is 16.0 Å². The van der Waals surface area contributed by atoms with E-state index in [2.05, 4.69) is 15.3 Å². The lowest BCUT2D eigenvalue weighted by molar-refractivity contribution is 0.470. The van der Waals surface area contributed by atoms with Crippen LogP contribution >= 0.6 is 0 Å². The number of rotatable bonds is 6. The monoisotopic (exact) mass is 416 g/mol. The van der Waals surface area contributed by atoms with Crippen molar-refractivity contribution in [3.8, 4) is 17.0 Å². The molecule has 0 spiro atoms. The molecule has 1 radical (unpaired) electrons. The molecule has 2 heterocycles. The highest BCUT2D eigenvalue weighted by Crippen LogP contribution is 2.34. The number of aromatic hydroxyl groups is 1. The third kappa shape index (κ3) is 4.54. The average Bonchev–Trinajstić information content (AvgIpc) is 2.62. The fraction of sp³-hybridized carbons (Fsp3) is 0.316. The fourth-order valence-corrected chi connectivity index (χ4v) is 3.47. The first kappa shape index (κ1) is 20.7. The van der Waals surface area contributed by atoms with Gasteiger partial charge in [-0.1, -0.05) is 12.1 Å². The minimum atomic E-state index is -3.91. The number of sulfonamides is 1. The van der Waals surface area contributed by atoms with Crippen molar-refractivity contribution in [2.75, 3.05) is 11.1 Å². The summed E-state index contributed by atoms with van der Waals surface area (Å²) in [6, 6.07) is 6.56. The van der Waals surface area contributed by atoms with Gasteiger partial charge in [0.15, 0.2) is 0 Å². The number of hydrogen-bond donors (Lipinski definition) is 2. The van der Waals surface area contributed by atoms with E-state index in [0.717, 1.165) is 0 Å². The summed E-state index contributed by atoms with van der Waals surface area (Å²) in [5, 5.41) is 21.2. The summed E-state index contributed by atoms with van der Waals surface area (Å²) in [4.78, 5) is 21.5. The number of anilines is 1. The lowest BCUT2D eigenvalue weighted by atomic mass is 10.0. The van der Waals surface area contributed by atoms with Crippen molar-refractivity contribution < 1.29 is 13.5 Å². The van der Waals surface area contributed by atoms with Gasteiger partial charge in [0.25, 0.3) is 5.56 Å². The number of fused-ring (bicyclic) bond motifs is 1. The summed E-state index contributed by atoms with van der Waals surface area (Å²) in [6.45, 7) is 3.83. The van der Waals surface area contributed by atoms with Gasteiger partial charge < -0.3 is 15.0 Å². The maximum atomic E-state index is 12.6. The van der Waals surface area contributed by atoms with E-state index < -0.39 is 15.8 Å². The van der Waals surface area contributed by atoms with Crippen molar-refractivity contribution in [3.05, 3.63) is 46.5 Å². The standard InChI is InChI=1S/C19H22N5O4S/c1-11(2)22-18-16-15(21-10-24(3)19(16)26)9-14(23-18)13-6-4-5-12(17(13)25)7-8-29(20,27)28/h4-6,9-11,20,25H,7-8H2,1-3H3,(H,22,23). The Morgan fingerprint density at radius 1 is 1.31 bits per heavy atom. The van der Waals surface area contributed by atoms with E-state index in [1.165, 1.54) is 10.9 Å². The van der Waals surface area contributed by atoms with E-state index in [1.807, 2.05) is 13.8 Å². The minimum absolute atomic E-state index is 0.00746. The molecule has 29 heavy (non-hydrogen) atoms. The Morgan fingerprint density at radius 3 is 2.69 bits per heavy atom. The maximum absolute atomic E-state index is 12.6. The molecule has 0 fully saturated rings. The van der Waals surface area contributed by atoms with Gasteiger partial charge in [-0.2, -0.15) is 0 Å². The smallest absolute Gasteiger partial charge is 0.264 e. The molecule has 0 amide bonds. The molecule has 3 N–H and O–H groups in total. The van der Waals surface area contributed by atoms with E-state index in [0.29, 0.717) is 33.5 Å². The van der Waals surface area contributed by atoms with Crippen LogP contribution in [-0.2, 0) is 23.5 Å². The lowest BCUT2D eigenvalue weighted by Gasteiger charge is -2.15. The number of phenolic OH excluding ortho intramolecular Hbond substituents is 1. The normalized spacial score (nSPS) is 11.9. The number of phenols is 1. The number of pyridine rings is 1. The van der Waals surface area contributed by atoms with E-state index in [4.69, 9.17) is 5.14 Å². The summed E-state index contributed by atoms with van der Waals surface area (Å²) in [5.41, 5.74) is 1.38. The number of aromatic nitrogens is 3. The molecular formula is C19H22N5O4S. The molecule has 0 bridgehead atoms. The Kier molecular flexibility index (Phi) is 5.58. The molecule has 0 saturated carbocycles. The zero-order valence-corrected chi connectivity index (χ0v) is 17.1. The molecule has 153 valence electrons. The predicted molar refractivity (Wildman–Crippen MR) is 111 cm³/mol. The number of nitrogens with zero attached hydrogens (tertiary/aromatic N) is 3. The Labute approximate surface area is 168 Å². The van der Waals surface area contributed by atoms with Crippen LogP contribution in [0.3, 0.4) is 0 Å². The number of aryl methyl sites for hydroxylation is 2. The molecule has 0 aliphatic heterocycles. The van der Waals surface area contributed by atoms with Gasteiger partial charge in [-0.3, -0.25) is 4.79 Å². The minimum Gasteiger partial charge on any atom is -0.507 e. The predicted octanol–water partition coefficient (Wildman–Crippen LogP) is 1.68. The van der Waals surface area contributed by atoms with Crippen LogP contribution in [0, 0.1) is 0 Å². The van der Waals surface area contributed by atoms with Crippen LogP contribution in [-0.4, -0.2) is 39.9 Å². The second-order valence-electron chi connectivity index (χ2n) is 7.09. The number of hydrogen-bond acceptors (Lipinski definition) is 7. The van der Waals surface area contributed by atoms with Crippen LogP contribution in [0.25, 0.3) is 22.2 Å². The van der Waals surface area contributed by atoms with Crippen molar-refractivity contribution in [1.29, 1.82) is 0 Å². The largest absolute Gasteiger partial charge is 0.507 e. The van der Waals surface area contributed by atoms with Crippen molar-refractivity contribution in [2.24, 2.45) is 7.05 Å². The highest BCUT2D eigenvalue weighted by atomic mass is 32.2. The van der Waals surface area contributed by atoms with Crippen molar-refractivity contribution in [2.45, 2.75) is 26.3 Å². The molecule has 0 aliphatic rings. The summed E-state index contributed by atoms with van der Waals surface area (Å²) in [5.74, 6) is -0.144. The number of para-hydroxylation sites is 1. The molecule has 10 heteroatoms. The Balaban J connectivity index is 2.18. The molecule has 9 nitrogen and oxygen atoms in total. The van der Waals surface area contributed by atoms with Gasteiger partial charge in [-0.25, -0.2) is 18.4 Å². The summed E-state index contributed by atoms with van der Waals surface area (Å²) < 4.78 is 23.7. The van der Waals surface area contributed by atoms with Crippen LogP contribution in [0.15, 0.2) is 35.4 Å². The van der Waals surface area contributed by atoms with Gasteiger partial charge in [0.2, 0.25) is 10.0 Å². The van der Waals surface area contributed by atoms with E-state index in [9.17, 15) is 18.3 Å². The van der Waals surface area contributed by atoms with Gasteiger partial charge in [-0.05, 0) is 38.0 Å². The Morgan fingerprint density at radius 2 is 2.03 bits per heavy atom. The summed E-state index contributed by atoms with van der Waals surface area (Å²) in [6.07, 6.45) is 1.43. The van der Waals surface area contributed by atoms with Gasteiger partial charge in [-0.15, -0.1) is 5.14 Å². The van der Waals surface area contributed by atoms with Crippen molar-refractivity contribution in [1.82, 2.24) is 19.7 Å². The third-order valence-corrected chi connectivity index (χ3v) is 5.11. The number of nitrogens with one attached hydrogen (secondary N) is 2. The van der Waals surface area contributed by atoms with Crippen LogP contribution in [0.2, 0.25) is 0 Å². The quantitative estimate of drug-likeness (QED) is 0.623. The zero-order chi connectivity index (χ0) is 21.3. The van der Waals surface area contributed by atoms with Gasteiger partial charge in [0.1, 0.15) is 17.0 Å². The highest BCUT2D eigenvalue weighted by molar-refractivity contribution is 7.88. The third-order valence-electron chi connectivity index (χ3n) is 4.36. The summed E-state index contributed by atoms with van der Waals surface area (Å²) in [7, 11) is -2.30. The lowest BCUT2D eigenvalue weighted by Crippen LogP contribution is -2.21. The van der Waals surface area contributed by atoms with E-state index >= 15 is 0 Å². The van der Waals surface area contributed by atoms with Gasteiger partial charge in [0, 0.05) is 18.7 Å². The molecule has 3 aromatic rings. The SMILES string of the molecule is CC(C)Nc1nc(-c2cccc(CCS([NH])(=O)=O)c2O)cc2ncn(C)c(=O)c12. The second kappa shape index (κ2) is 7.80. The molecule has 3 rings (SSSR count). The Bertz CT molecular complexity index is 1240. The zero-order valence-electron chi connectivity index (χ0n) is 16.3. The molecular weight excluding hydrogens is 394 g/mol. The maximum Gasteiger partial charge on any atom is 0.264 e. The molecule has 0 saturated heterocycles. The first-order valence-electron chi connectivity index (χ1n) is 8.98. The average molecular weight is 416 g/mol. The van der Waals surface area contributed by atoms with Crippen LogP contribution in [0.1, 0.15) is 19.4 Å². The van der Waals surface area contributed by atoms with Crippen LogP contribution in [0.5, 0.6) is 5.75 Å². The second-order valence-corrected chi connectivity index (χ2v) is 8.73. The van der Waals surface area contributed by atoms with Crippen molar-refractivity contribution in [3.63, 3.8) is 0 Å². The molecule has 1 aromatic carbocycles. The first-order chi connectivity index (χ1) is 13.6. The van der Waals surface area contributed by atoms with Crippen molar-refractivity contribution >= 4 is 26.7 Å². The Hall–Kier alpha value is -2.98.